The molecule has 0 bridgehead atoms. The second-order valence-electron chi connectivity index (χ2n) is 4.25. The van der Waals surface area contributed by atoms with Crippen LogP contribution >= 0.6 is 0 Å². The number of piperazine rings is 1. The molecule has 96 valence electrons. The number of nitrogens with zero attached hydrogens (tertiary/aromatic N) is 2. The molecule has 1 aliphatic rings. The van der Waals surface area contributed by atoms with Crippen molar-refractivity contribution in [1.82, 2.24) is 15.1 Å². The molecule has 1 rings (SSSR count). The molecule has 16 heavy (non-hydrogen) atoms. The van der Waals surface area contributed by atoms with E-state index in [4.69, 9.17) is 9.47 Å². The van der Waals surface area contributed by atoms with Gasteiger partial charge in [0.05, 0.1) is 0 Å². The Hall–Kier alpha value is -0.200. The summed E-state index contributed by atoms with van der Waals surface area (Å²) in [6.07, 6.45) is -0.118. The minimum atomic E-state index is -0.118. The Balaban J connectivity index is 2.10. The highest BCUT2D eigenvalue weighted by molar-refractivity contribution is 4.68. The zero-order valence-corrected chi connectivity index (χ0v) is 10.7. The van der Waals surface area contributed by atoms with Crippen LogP contribution in [0.3, 0.4) is 0 Å². The van der Waals surface area contributed by atoms with Crippen LogP contribution in [-0.4, -0.2) is 83.2 Å². The standard InChI is InChI=1S/C11H25N3O2/c1-13(10-11(15-2)16-3)8-9-14-6-4-12-5-7-14/h11-12H,4-10H2,1-3H3. The van der Waals surface area contributed by atoms with E-state index in [-0.39, 0.29) is 6.29 Å². The van der Waals surface area contributed by atoms with E-state index in [1.54, 1.807) is 14.2 Å². The van der Waals surface area contributed by atoms with Gasteiger partial charge in [0.15, 0.2) is 6.29 Å². The quantitative estimate of drug-likeness (QED) is 0.595. The molecule has 1 fully saturated rings. The van der Waals surface area contributed by atoms with E-state index in [9.17, 15) is 0 Å². The van der Waals surface area contributed by atoms with E-state index in [0.29, 0.717) is 0 Å². The number of rotatable bonds is 7. The summed E-state index contributed by atoms with van der Waals surface area (Å²) in [6.45, 7) is 7.54. The molecule has 0 radical (unpaired) electrons. The van der Waals surface area contributed by atoms with Crippen LogP contribution < -0.4 is 5.32 Å². The van der Waals surface area contributed by atoms with Gasteiger partial charge in [-0.1, -0.05) is 0 Å². The number of hydrogen-bond acceptors (Lipinski definition) is 5. The van der Waals surface area contributed by atoms with Crippen molar-refractivity contribution in [3.63, 3.8) is 0 Å². The molecule has 1 aliphatic heterocycles. The maximum Gasteiger partial charge on any atom is 0.169 e. The summed E-state index contributed by atoms with van der Waals surface area (Å²) in [6, 6.07) is 0. The van der Waals surface area contributed by atoms with Crippen LogP contribution in [0, 0.1) is 0 Å². The first-order valence-corrected chi connectivity index (χ1v) is 5.93. The van der Waals surface area contributed by atoms with E-state index in [1.165, 1.54) is 0 Å². The average Bonchev–Trinajstić information content (AvgIpc) is 2.34. The van der Waals surface area contributed by atoms with Crippen molar-refractivity contribution >= 4 is 0 Å². The van der Waals surface area contributed by atoms with Crippen molar-refractivity contribution in [3.05, 3.63) is 0 Å². The largest absolute Gasteiger partial charge is 0.355 e. The van der Waals surface area contributed by atoms with E-state index >= 15 is 0 Å². The predicted molar refractivity (Wildman–Crippen MR) is 64.6 cm³/mol. The SMILES string of the molecule is COC(CN(C)CCN1CCNCC1)OC. The average molecular weight is 231 g/mol. The van der Waals surface area contributed by atoms with Crippen LogP contribution in [0.1, 0.15) is 0 Å². The van der Waals surface area contributed by atoms with Crippen LogP contribution in [0.2, 0.25) is 0 Å². The summed E-state index contributed by atoms with van der Waals surface area (Å²) in [5.41, 5.74) is 0. The molecule has 0 amide bonds. The van der Waals surface area contributed by atoms with Crippen molar-refractivity contribution < 1.29 is 9.47 Å². The molecule has 0 saturated carbocycles. The van der Waals surface area contributed by atoms with Gasteiger partial charge in [-0.15, -0.1) is 0 Å². The van der Waals surface area contributed by atoms with E-state index in [0.717, 1.165) is 45.8 Å². The molecular formula is C11H25N3O2. The highest BCUT2D eigenvalue weighted by Gasteiger charge is 2.12. The van der Waals surface area contributed by atoms with Gasteiger partial charge in [-0.2, -0.15) is 0 Å². The number of hydrogen-bond donors (Lipinski definition) is 1. The van der Waals surface area contributed by atoms with E-state index in [1.807, 2.05) is 0 Å². The molecule has 0 aromatic heterocycles. The third-order valence-electron chi connectivity index (χ3n) is 2.99. The number of likely N-dealkylation sites (N-methyl/N-ethyl adjacent to an activating group) is 1. The molecule has 0 aromatic carbocycles. The number of nitrogens with one attached hydrogen (secondary N) is 1. The maximum atomic E-state index is 5.17. The lowest BCUT2D eigenvalue weighted by atomic mass is 10.3. The molecule has 0 spiro atoms. The zero-order chi connectivity index (χ0) is 11.8. The molecule has 5 heteroatoms. The zero-order valence-electron chi connectivity index (χ0n) is 10.7. The Morgan fingerprint density at radius 2 is 1.88 bits per heavy atom. The van der Waals surface area contributed by atoms with Crippen LogP contribution in [0.25, 0.3) is 0 Å². The van der Waals surface area contributed by atoms with Gasteiger partial charge in [0, 0.05) is 60.0 Å². The fraction of sp³-hybridized carbons (Fsp3) is 1.00. The van der Waals surface area contributed by atoms with Crippen LogP contribution in [0.5, 0.6) is 0 Å². The second-order valence-corrected chi connectivity index (χ2v) is 4.25. The molecule has 1 saturated heterocycles. The second kappa shape index (κ2) is 7.97. The predicted octanol–water partition coefficient (Wildman–Crippen LogP) is -0.558. The molecule has 5 nitrogen and oxygen atoms in total. The number of ether oxygens (including phenoxy) is 2. The van der Waals surface area contributed by atoms with Gasteiger partial charge in [-0.05, 0) is 7.05 Å². The highest BCUT2D eigenvalue weighted by atomic mass is 16.7. The fourth-order valence-corrected chi connectivity index (χ4v) is 1.84. The normalized spacial score (nSPS) is 18.6. The first-order chi connectivity index (χ1) is 7.76. The first-order valence-electron chi connectivity index (χ1n) is 5.93. The topological polar surface area (TPSA) is 37.0 Å². The summed E-state index contributed by atoms with van der Waals surface area (Å²) >= 11 is 0. The smallest absolute Gasteiger partial charge is 0.169 e. The number of methoxy groups -OCH3 is 2. The van der Waals surface area contributed by atoms with Crippen molar-refractivity contribution in [2.45, 2.75) is 6.29 Å². The summed E-state index contributed by atoms with van der Waals surface area (Å²) in [7, 11) is 5.46. The van der Waals surface area contributed by atoms with Gasteiger partial charge in [0.25, 0.3) is 0 Å². The Labute approximate surface area is 98.7 Å². The monoisotopic (exact) mass is 231 g/mol. The molecule has 0 aromatic rings. The van der Waals surface area contributed by atoms with Crippen molar-refractivity contribution in [2.75, 3.05) is 67.1 Å². The molecule has 0 unspecified atom stereocenters. The van der Waals surface area contributed by atoms with Crippen molar-refractivity contribution in [1.29, 1.82) is 0 Å². The van der Waals surface area contributed by atoms with Gasteiger partial charge in [-0.25, -0.2) is 0 Å². The van der Waals surface area contributed by atoms with Gasteiger partial charge in [0.2, 0.25) is 0 Å². The molecular weight excluding hydrogens is 206 g/mol. The van der Waals surface area contributed by atoms with E-state index in [2.05, 4.69) is 22.2 Å². The summed E-state index contributed by atoms with van der Waals surface area (Å²) in [5, 5.41) is 3.36. The van der Waals surface area contributed by atoms with Crippen molar-refractivity contribution in [3.8, 4) is 0 Å². The maximum absolute atomic E-state index is 5.17. The highest BCUT2D eigenvalue weighted by Crippen LogP contribution is 1.97. The molecule has 1 heterocycles. The van der Waals surface area contributed by atoms with Gasteiger partial charge in [0.1, 0.15) is 0 Å². The molecule has 0 aliphatic carbocycles. The Morgan fingerprint density at radius 3 is 2.44 bits per heavy atom. The lowest BCUT2D eigenvalue weighted by molar-refractivity contribution is -0.114. The lowest BCUT2D eigenvalue weighted by Gasteiger charge is -2.29. The lowest BCUT2D eigenvalue weighted by Crippen LogP contribution is -2.46. The third-order valence-corrected chi connectivity index (χ3v) is 2.99. The minimum absolute atomic E-state index is 0.118. The fourth-order valence-electron chi connectivity index (χ4n) is 1.84. The van der Waals surface area contributed by atoms with Gasteiger partial charge < -0.3 is 19.7 Å². The Morgan fingerprint density at radius 1 is 1.25 bits per heavy atom. The summed E-state index contributed by atoms with van der Waals surface area (Å²) in [5.74, 6) is 0. The summed E-state index contributed by atoms with van der Waals surface area (Å²) < 4.78 is 10.3. The molecule has 1 N–H and O–H groups in total. The first kappa shape index (κ1) is 13.9. The minimum Gasteiger partial charge on any atom is -0.355 e. The molecule has 0 atom stereocenters. The van der Waals surface area contributed by atoms with Crippen LogP contribution in [0.4, 0.5) is 0 Å². The van der Waals surface area contributed by atoms with Crippen LogP contribution in [0.15, 0.2) is 0 Å². The third kappa shape index (κ3) is 5.23. The van der Waals surface area contributed by atoms with E-state index < -0.39 is 0 Å². The Bertz CT molecular complexity index is 171. The van der Waals surface area contributed by atoms with Crippen LogP contribution in [-0.2, 0) is 9.47 Å². The van der Waals surface area contributed by atoms with Gasteiger partial charge in [-0.3, -0.25) is 4.90 Å². The summed E-state index contributed by atoms with van der Waals surface area (Å²) in [4.78, 5) is 4.74. The Kier molecular flexibility index (Phi) is 6.91. The van der Waals surface area contributed by atoms with Crippen molar-refractivity contribution in [2.24, 2.45) is 0 Å². The van der Waals surface area contributed by atoms with Gasteiger partial charge >= 0.3 is 0 Å².